The Morgan fingerprint density at radius 1 is 1.19 bits per heavy atom. The maximum Gasteiger partial charge on any atom is 0.251 e. The summed E-state index contributed by atoms with van der Waals surface area (Å²) in [5.41, 5.74) is 8.18. The van der Waals surface area contributed by atoms with Gasteiger partial charge >= 0.3 is 0 Å². The third-order valence-corrected chi connectivity index (χ3v) is 5.40. The van der Waals surface area contributed by atoms with Gasteiger partial charge in [0, 0.05) is 27.7 Å². The lowest BCUT2D eigenvalue weighted by Crippen LogP contribution is -2.57. The van der Waals surface area contributed by atoms with E-state index in [1.54, 1.807) is 24.3 Å². The molecule has 3 aromatic rings. The summed E-state index contributed by atoms with van der Waals surface area (Å²) in [5.74, 6) is -0.206. The summed E-state index contributed by atoms with van der Waals surface area (Å²) >= 11 is 5.94. The normalized spacial score (nSPS) is 17.6. The highest BCUT2D eigenvalue weighted by Gasteiger charge is 2.40. The summed E-state index contributed by atoms with van der Waals surface area (Å²) in [6.07, 6.45) is 4.77. The summed E-state index contributed by atoms with van der Waals surface area (Å²) in [6, 6.07) is 8.27. The molecule has 7 nitrogen and oxygen atoms in total. The third-order valence-electron chi connectivity index (χ3n) is 5.15. The van der Waals surface area contributed by atoms with E-state index in [0.29, 0.717) is 10.6 Å². The van der Waals surface area contributed by atoms with Crippen LogP contribution < -0.4 is 16.4 Å². The molecule has 3 heterocycles. The molecule has 1 aliphatic heterocycles. The van der Waals surface area contributed by atoms with Crippen LogP contribution in [-0.2, 0) is 0 Å². The summed E-state index contributed by atoms with van der Waals surface area (Å²) < 4.78 is 0. The van der Waals surface area contributed by atoms with E-state index in [0.717, 1.165) is 42.7 Å². The van der Waals surface area contributed by atoms with Crippen LogP contribution in [0.5, 0.6) is 0 Å². The second-order valence-corrected chi connectivity index (χ2v) is 7.33. The standard InChI is InChI=1S/C19H21ClN6O/c20-13-3-1-12(2-4-13)18(27)26-16(19(21)6-9-22-10-7-19)15-14-5-8-23-17(14)25-11-24-15/h1-5,8,11,16,22H,6-7,9-10,21H2,(H,26,27)(H,23,24,25). The molecule has 1 amide bonds. The topological polar surface area (TPSA) is 109 Å². The Morgan fingerprint density at radius 3 is 2.67 bits per heavy atom. The van der Waals surface area contributed by atoms with E-state index >= 15 is 0 Å². The van der Waals surface area contributed by atoms with Crippen LogP contribution in [0, 0.1) is 0 Å². The summed E-state index contributed by atoms with van der Waals surface area (Å²) in [6.45, 7) is 1.59. The van der Waals surface area contributed by atoms with Crippen LogP contribution in [0.3, 0.4) is 0 Å². The van der Waals surface area contributed by atoms with Gasteiger partial charge in [-0.3, -0.25) is 4.79 Å². The van der Waals surface area contributed by atoms with Gasteiger partial charge in [0.15, 0.2) is 0 Å². The Labute approximate surface area is 161 Å². The first kappa shape index (κ1) is 17.9. The zero-order valence-corrected chi connectivity index (χ0v) is 15.5. The second kappa shape index (κ2) is 7.26. The van der Waals surface area contributed by atoms with Gasteiger partial charge in [0.2, 0.25) is 0 Å². The van der Waals surface area contributed by atoms with Crippen LogP contribution in [-0.4, -0.2) is 39.5 Å². The quantitative estimate of drug-likeness (QED) is 0.551. The van der Waals surface area contributed by atoms with Gasteiger partial charge in [-0.15, -0.1) is 0 Å². The summed E-state index contributed by atoms with van der Waals surface area (Å²) in [7, 11) is 0. The van der Waals surface area contributed by atoms with Crippen LogP contribution in [0.25, 0.3) is 11.0 Å². The van der Waals surface area contributed by atoms with Gasteiger partial charge in [0.25, 0.3) is 5.91 Å². The molecule has 5 N–H and O–H groups in total. The van der Waals surface area contributed by atoms with E-state index in [1.165, 1.54) is 6.33 Å². The van der Waals surface area contributed by atoms with Crippen molar-refractivity contribution in [3.8, 4) is 0 Å². The second-order valence-electron chi connectivity index (χ2n) is 6.90. The lowest BCUT2D eigenvalue weighted by atomic mass is 9.80. The van der Waals surface area contributed by atoms with Crippen LogP contribution in [0.4, 0.5) is 0 Å². The number of nitrogens with two attached hydrogens (primary N) is 1. The number of hydrogen-bond donors (Lipinski definition) is 4. The first-order valence-electron chi connectivity index (χ1n) is 8.91. The van der Waals surface area contributed by atoms with E-state index in [-0.39, 0.29) is 5.91 Å². The molecule has 8 heteroatoms. The number of nitrogens with zero attached hydrogens (tertiary/aromatic N) is 2. The molecule has 140 valence electrons. The molecule has 0 aliphatic carbocycles. The SMILES string of the molecule is NC1(C(NC(=O)c2ccc(Cl)cc2)c2ncnc3[nH]ccc23)CCNCC1. The molecule has 1 unspecified atom stereocenters. The van der Waals surface area contributed by atoms with Gasteiger partial charge in [-0.2, -0.15) is 0 Å². The number of carbonyl (C=O) groups is 1. The van der Waals surface area contributed by atoms with E-state index in [2.05, 4.69) is 25.6 Å². The highest BCUT2D eigenvalue weighted by Crippen LogP contribution is 2.33. The fourth-order valence-electron chi connectivity index (χ4n) is 3.60. The number of fused-ring (bicyclic) bond motifs is 1. The molecule has 2 aromatic heterocycles. The molecule has 0 radical (unpaired) electrons. The van der Waals surface area contributed by atoms with Crippen molar-refractivity contribution >= 4 is 28.5 Å². The van der Waals surface area contributed by atoms with Gasteiger partial charge in [-0.1, -0.05) is 11.6 Å². The molecule has 4 rings (SSSR count). The number of aromatic amines is 1. The van der Waals surface area contributed by atoms with Gasteiger partial charge in [0.1, 0.15) is 12.0 Å². The zero-order valence-electron chi connectivity index (χ0n) is 14.7. The number of aromatic nitrogens is 3. The molecule has 1 fully saturated rings. The monoisotopic (exact) mass is 384 g/mol. The van der Waals surface area contributed by atoms with E-state index in [1.807, 2.05) is 12.3 Å². The maximum atomic E-state index is 12.9. The van der Waals surface area contributed by atoms with Crippen molar-refractivity contribution in [1.82, 2.24) is 25.6 Å². The predicted octanol–water partition coefficient (Wildman–Crippen LogP) is 2.16. The molecule has 1 aromatic carbocycles. The van der Waals surface area contributed by atoms with Crippen LogP contribution in [0.1, 0.15) is 34.9 Å². The highest BCUT2D eigenvalue weighted by atomic mass is 35.5. The largest absolute Gasteiger partial charge is 0.346 e. The van der Waals surface area contributed by atoms with Crippen molar-refractivity contribution in [2.75, 3.05) is 13.1 Å². The highest BCUT2D eigenvalue weighted by molar-refractivity contribution is 6.30. The van der Waals surface area contributed by atoms with E-state index < -0.39 is 11.6 Å². The lowest BCUT2D eigenvalue weighted by Gasteiger charge is -2.40. The number of nitrogens with one attached hydrogen (secondary N) is 3. The van der Waals surface area contributed by atoms with Crippen molar-refractivity contribution in [2.45, 2.75) is 24.4 Å². The lowest BCUT2D eigenvalue weighted by molar-refractivity contribution is 0.0899. The van der Waals surface area contributed by atoms with Crippen molar-refractivity contribution in [2.24, 2.45) is 5.73 Å². The Hall–Kier alpha value is -2.48. The van der Waals surface area contributed by atoms with E-state index in [4.69, 9.17) is 17.3 Å². The average Bonchev–Trinajstić information content (AvgIpc) is 3.16. The van der Waals surface area contributed by atoms with Crippen molar-refractivity contribution < 1.29 is 4.79 Å². The molecule has 1 saturated heterocycles. The van der Waals surface area contributed by atoms with E-state index in [9.17, 15) is 4.79 Å². The van der Waals surface area contributed by atoms with Crippen molar-refractivity contribution in [3.63, 3.8) is 0 Å². The minimum absolute atomic E-state index is 0.206. The van der Waals surface area contributed by atoms with Crippen molar-refractivity contribution in [3.05, 3.63) is 59.1 Å². The number of hydrogen-bond acceptors (Lipinski definition) is 5. The number of amides is 1. The minimum atomic E-state index is -0.605. The Kier molecular flexibility index (Phi) is 4.82. The maximum absolute atomic E-state index is 12.9. The summed E-state index contributed by atoms with van der Waals surface area (Å²) in [4.78, 5) is 24.8. The predicted molar refractivity (Wildman–Crippen MR) is 105 cm³/mol. The fraction of sp³-hybridized carbons (Fsp3) is 0.316. The molecule has 1 aliphatic rings. The number of halogens is 1. The summed E-state index contributed by atoms with van der Waals surface area (Å²) in [5, 5.41) is 7.89. The average molecular weight is 385 g/mol. The van der Waals surface area contributed by atoms with Crippen LogP contribution in [0.15, 0.2) is 42.9 Å². The number of benzene rings is 1. The molecule has 1 atom stereocenters. The molecule has 0 saturated carbocycles. The molecule has 0 bridgehead atoms. The number of H-pyrrole nitrogens is 1. The smallest absolute Gasteiger partial charge is 0.251 e. The van der Waals surface area contributed by atoms with Crippen molar-refractivity contribution in [1.29, 1.82) is 0 Å². The van der Waals surface area contributed by atoms with Crippen LogP contribution >= 0.6 is 11.6 Å². The van der Waals surface area contributed by atoms with Gasteiger partial charge < -0.3 is 21.4 Å². The van der Waals surface area contributed by atoms with Gasteiger partial charge in [-0.25, -0.2) is 9.97 Å². The third kappa shape index (κ3) is 3.53. The Morgan fingerprint density at radius 2 is 1.93 bits per heavy atom. The van der Waals surface area contributed by atoms with Crippen LogP contribution in [0.2, 0.25) is 5.02 Å². The first-order chi connectivity index (χ1) is 13.1. The Bertz CT molecular complexity index is 948. The molecule has 0 spiro atoms. The van der Waals surface area contributed by atoms with Gasteiger partial charge in [-0.05, 0) is 56.3 Å². The molecular weight excluding hydrogens is 364 g/mol. The Balaban J connectivity index is 1.73. The molecular formula is C19H21ClN6O. The first-order valence-corrected chi connectivity index (χ1v) is 9.29. The fourth-order valence-corrected chi connectivity index (χ4v) is 3.73. The zero-order chi connectivity index (χ0) is 18.9. The number of rotatable bonds is 4. The number of piperidine rings is 1. The minimum Gasteiger partial charge on any atom is -0.346 e. The van der Waals surface area contributed by atoms with Gasteiger partial charge in [0.05, 0.1) is 11.7 Å². The molecule has 27 heavy (non-hydrogen) atoms. The number of carbonyl (C=O) groups excluding carboxylic acids is 1.